The zero-order chi connectivity index (χ0) is 15.1. The van der Waals surface area contributed by atoms with E-state index in [2.05, 4.69) is 15.2 Å². The Kier molecular flexibility index (Phi) is 6.77. The van der Waals surface area contributed by atoms with Crippen LogP contribution in [0.3, 0.4) is 0 Å². The van der Waals surface area contributed by atoms with Crippen molar-refractivity contribution in [2.75, 3.05) is 19.3 Å². The Balaban J connectivity index is 4.24. The molecule has 0 fully saturated rings. The molecule has 0 aromatic rings. The highest BCUT2D eigenvalue weighted by Crippen LogP contribution is 2.21. The molecule has 112 valence electrons. The van der Waals surface area contributed by atoms with Crippen molar-refractivity contribution in [1.29, 1.82) is 0 Å². The number of amides is 1. The smallest absolute Gasteiger partial charge is 0.233 e. The molecule has 0 heterocycles. The van der Waals surface area contributed by atoms with Gasteiger partial charge in [-0.05, 0) is 19.8 Å². The molecule has 0 aliphatic heterocycles. The van der Waals surface area contributed by atoms with Crippen LogP contribution in [0.15, 0.2) is 5.16 Å². The Morgan fingerprint density at radius 3 is 2.42 bits per heavy atom. The summed E-state index contributed by atoms with van der Waals surface area (Å²) < 4.78 is 23.9. The molecule has 1 atom stereocenters. The molecule has 0 aliphatic rings. The van der Waals surface area contributed by atoms with Crippen LogP contribution in [-0.2, 0) is 14.8 Å². The molecule has 0 spiro atoms. The summed E-state index contributed by atoms with van der Waals surface area (Å²) >= 11 is 0. The highest BCUT2D eigenvalue weighted by Gasteiger charge is 2.35. The Bertz CT molecular complexity index is 435. The van der Waals surface area contributed by atoms with Crippen molar-refractivity contribution in [3.05, 3.63) is 0 Å². The Hall–Kier alpha value is -1.35. The minimum absolute atomic E-state index is 0.151. The van der Waals surface area contributed by atoms with Crippen molar-refractivity contribution in [1.82, 2.24) is 10.0 Å². The number of carbonyl (C=O) groups is 1. The van der Waals surface area contributed by atoms with Gasteiger partial charge < -0.3 is 16.3 Å². The fourth-order valence-electron chi connectivity index (χ4n) is 1.31. The van der Waals surface area contributed by atoms with Gasteiger partial charge in [-0.1, -0.05) is 12.1 Å². The zero-order valence-electron chi connectivity index (χ0n) is 11.4. The molecule has 0 saturated heterocycles. The molecule has 1 amide bonds. The first-order valence-electron chi connectivity index (χ1n) is 5.88. The summed E-state index contributed by atoms with van der Waals surface area (Å²) in [6, 6.07) is 0. The highest BCUT2D eigenvalue weighted by atomic mass is 32.2. The number of nitrogens with zero attached hydrogens (tertiary/aromatic N) is 1. The number of amidine groups is 1. The second-order valence-corrected chi connectivity index (χ2v) is 6.28. The lowest BCUT2D eigenvalue weighted by molar-refractivity contribution is -0.127. The van der Waals surface area contributed by atoms with Gasteiger partial charge in [-0.2, -0.15) is 0 Å². The van der Waals surface area contributed by atoms with E-state index in [1.165, 1.54) is 0 Å². The lowest BCUT2D eigenvalue weighted by Gasteiger charge is -2.25. The van der Waals surface area contributed by atoms with E-state index in [-0.39, 0.29) is 18.3 Å². The SMILES string of the molecule is CCC(C)(C(=O)NCCCNS(C)(=O)=O)C(N)=NO. The molecule has 0 rings (SSSR count). The normalized spacial score (nSPS) is 15.8. The number of nitrogens with one attached hydrogen (secondary N) is 2. The van der Waals surface area contributed by atoms with Crippen molar-refractivity contribution in [2.24, 2.45) is 16.3 Å². The number of hydrogen-bond acceptors (Lipinski definition) is 5. The first-order chi connectivity index (χ1) is 8.67. The number of carbonyl (C=O) groups excluding carboxylic acids is 1. The molecule has 0 saturated carbocycles. The van der Waals surface area contributed by atoms with E-state index in [9.17, 15) is 13.2 Å². The average Bonchev–Trinajstić information content (AvgIpc) is 2.34. The molecule has 19 heavy (non-hydrogen) atoms. The second-order valence-electron chi connectivity index (χ2n) is 4.45. The molecule has 9 heteroatoms. The third kappa shape index (κ3) is 5.88. The molecule has 0 bridgehead atoms. The summed E-state index contributed by atoms with van der Waals surface area (Å²) in [6.07, 6.45) is 1.91. The molecule has 5 N–H and O–H groups in total. The van der Waals surface area contributed by atoms with Gasteiger partial charge in [-0.15, -0.1) is 0 Å². The highest BCUT2D eigenvalue weighted by molar-refractivity contribution is 7.88. The van der Waals surface area contributed by atoms with Gasteiger partial charge in [0.05, 0.1) is 6.26 Å². The van der Waals surface area contributed by atoms with Crippen LogP contribution >= 0.6 is 0 Å². The van der Waals surface area contributed by atoms with Gasteiger partial charge in [-0.3, -0.25) is 4.79 Å². The van der Waals surface area contributed by atoms with Gasteiger partial charge in [0.25, 0.3) is 0 Å². The van der Waals surface area contributed by atoms with Crippen molar-refractivity contribution >= 4 is 21.8 Å². The molecule has 0 aromatic heterocycles. The van der Waals surface area contributed by atoms with Crippen molar-refractivity contribution in [3.8, 4) is 0 Å². The van der Waals surface area contributed by atoms with E-state index in [4.69, 9.17) is 10.9 Å². The van der Waals surface area contributed by atoms with Gasteiger partial charge in [-0.25, -0.2) is 13.1 Å². The fraction of sp³-hybridized carbons (Fsp3) is 0.800. The molecule has 0 radical (unpaired) electrons. The summed E-state index contributed by atoms with van der Waals surface area (Å²) in [5.41, 5.74) is 4.43. The van der Waals surface area contributed by atoms with E-state index >= 15 is 0 Å². The maximum atomic E-state index is 11.9. The molecular weight excluding hydrogens is 272 g/mol. The van der Waals surface area contributed by atoms with Gasteiger partial charge in [0.2, 0.25) is 15.9 Å². The molecule has 1 unspecified atom stereocenters. The molecule has 0 aliphatic carbocycles. The Labute approximate surface area is 113 Å². The Morgan fingerprint density at radius 2 is 2.00 bits per heavy atom. The van der Waals surface area contributed by atoms with Crippen molar-refractivity contribution in [2.45, 2.75) is 26.7 Å². The number of oxime groups is 1. The van der Waals surface area contributed by atoms with Crippen LogP contribution in [0.2, 0.25) is 0 Å². The number of hydrogen-bond donors (Lipinski definition) is 4. The molecule has 0 aromatic carbocycles. The van der Waals surface area contributed by atoms with Crippen LogP contribution in [-0.4, -0.2) is 44.7 Å². The van der Waals surface area contributed by atoms with Gasteiger partial charge in [0.15, 0.2) is 5.84 Å². The van der Waals surface area contributed by atoms with Gasteiger partial charge in [0, 0.05) is 13.1 Å². The van der Waals surface area contributed by atoms with E-state index in [1.807, 2.05) is 0 Å². The third-order valence-corrected chi connectivity index (χ3v) is 3.61. The molecular formula is C10H22N4O4S. The summed E-state index contributed by atoms with van der Waals surface area (Å²) in [6.45, 7) is 3.87. The van der Waals surface area contributed by atoms with E-state index in [0.717, 1.165) is 6.26 Å². The van der Waals surface area contributed by atoms with Crippen LogP contribution in [0.1, 0.15) is 26.7 Å². The van der Waals surface area contributed by atoms with Crippen LogP contribution in [0.5, 0.6) is 0 Å². The fourth-order valence-corrected chi connectivity index (χ4v) is 1.83. The largest absolute Gasteiger partial charge is 0.409 e. The number of sulfonamides is 1. The predicted molar refractivity (Wildman–Crippen MR) is 72.3 cm³/mol. The summed E-state index contributed by atoms with van der Waals surface area (Å²) in [7, 11) is -3.21. The Morgan fingerprint density at radius 1 is 1.42 bits per heavy atom. The molecule has 8 nitrogen and oxygen atoms in total. The zero-order valence-corrected chi connectivity index (χ0v) is 12.2. The van der Waals surface area contributed by atoms with E-state index in [1.54, 1.807) is 13.8 Å². The first kappa shape index (κ1) is 17.6. The number of rotatable bonds is 8. The van der Waals surface area contributed by atoms with Crippen molar-refractivity contribution < 1.29 is 18.4 Å². The minimum atomic E-state index is -3.21. The van der Waals surface area contributed by atoms with Gasteiger partial charge in [0.1, 0.15) is 5.41 Å². The van der Waals surface area contributed by atoms with Crippen LogP contribution in [0, 0.1) is 5.41 Å². The average molecular weight is 294 g/mol. The number of nitrogens with two attached hydrogens (primary N) is 1. The lowest BCUT2D eigenvalue weighted by Crippen LogP contribution is -2.48. The minimum Gasteiger partial charge on any atom is -0.409 e. The topological polar surface area (TPSA) is 134 Å². The maximum Gasteiger partial charge on any atom is 0.233 e. The first-order valence-corrected chi connectivity index (χ1v) is 7.77. The summed E-state index contributed by atoms with van der Waals surface area (Å²) in [5.74, 6) is -0.508. The quantitative estimate of drug-likeness (QED) is 0.153. The summed E-state index contributed by atoms with van der Waals surface area (Å²) in [5, 5.41) is 14.2. The monoisotopic (exact) mass is 294 g/mol. The maximum absolute atomic E-state index is 11.9. The third-order valence-electron chi connectivity index (χ3n) is 2.88. The van der Waals surface area contributed by atoms with Crippen molar-refractivity contribution in [3.63, 3.8) is 0 Å². The van der Waals surface area contributed by atoms with Crippen LogP contribution < -0.4 is 15.8 Å². The van der Waals surface area contributed by atoms with Crippen LogP contribution in [0.25, 0.3) is 0 Å². The van der Waals surface area contributed by atoms with E-state index in [0.29, 0.717) is 19.4 Å². The lowest BCUT2D eigenvalue weighted by atomic mass is 9.85. The standard InChI is InChI=1S/C10H22N4O4S/c1-4-10(2,8(11)14-16)9(15)12-6-5-7-13-19(3,17)18/h13,16H,4-7H2,1-3H3,(H2,11,14)(H,12,15). The van der Waals surface area contributed by atoms with E-state index < -0.39 is 15.4 Å². The van der Waals surface area contributed by atoms with Gasteiger partial charge >= 0.3 is 0 Å². The summed E-state index contributed by atoms with van der Waals surface area (Å²) in [4.78, 5) is 11.9. The predicted octanol–water partition coefficient (Wildman–Crippen LogP) is -0.795. The second kappa shape index (κ2) is 7.29. The van der Waals surface area contributed by atoms with Crippen LogP contribution in [0.4, 0.5) is 0 Å².